The number of amides is 1. The minimum Gasteiger partial charge on any atom is -0.493 e. The van der Waals surface area contributed by atoms with Gasteiger partial charge in [-0.1, -0.05) is 62.2 Å². The summed E-state index contributed by atoms with van der Waals surface area (Å²) in [7, 11) is 0. The van der Waals surface area contributed by atoms with Crippen LogP contribution in [0.25, 0.3) is 6.08 Å². The first-order chi connectivity index (χ1) is 15.0. The van der Waals surface area contributed by atoms with Crippen LogP contribution in [0.15, 0.2) is 52.4 Å². The van der Waals surface area contributed by atoms with Crippen LogP contribution in [0.1, 0.15) is 51.0 Å². The number of aliphatic imine (C=N–C) groups is 1. The lowest BCUT2D eigenvalue weighted by atomic mass is 10.1. The molecule has 7 heteroatoms. The molecule has 0 atom stereocenters. The summed E-state index contributed by atoms with van der Waals surface area (Å²) < 4.78 is 5.99. The molecule has 1 fully saturated rings. The molecule has 164 valence electrons. The van der Waals surface area contributed by atoms with E-state index in [0.717, 1.165) is 29.8 Å². The largest absolute Gasteiger partial charge is 0.493 e. The molecular formula is C24H26Cl2N2O2S. The molecule has 1 amide bonds. The van der Waals surface area contributed by atoms with Crippen LogP contribution < -0.4 is 10.1 Å². The van der Waals surface area contributed by atoms with E-state index in [2.05, 4.69) is 17.2 Å². The highest BCUT2D eigenvalue weighted by molar-refractivity contribution is 8.18. The Hall–Kier alpha value is -1.95. The molecule has 0 radical (unpaired) electrons. The molecule has 1 saturated heterocycles. The number of hydrogen-bond acceptors (Lipinski definition) is 4. The number of hydrogen-bond donors (Lipinski definition) is 1. The molecule has 31 heavy (non-hydrogen) atoms. The third-order valence-electron chi connectivity index (χ3n) is 4.72. The third kappa shape index (κ3) is 7.60. The number of unbranched alkanes of at least 4 members (excludes halogenated alkanes) is 5. The van der Waals surface area contributed by atoms with Crippen LogP contribution in [-0.2, 0) is 4.79 Å². The van der Waals surface area contributed by atoms with Crippen molar-refractivity contribution < 1.29 is 9.53 Å². The minimum atomic E-state index is -0.195. The third-order valence-corrected chi connectivity index (χ3v) is 6.12. The molecule has 1 aliphatic heterocycles. The summed E-state index contributed by atoms with van der Waals surface area (Å²) in [6, 6.07) is 12.6. The minimum absolute atomic E-state index is 0.195. The van der Waals surface area contributed by atoms with Crippen LogP contribution in [0.4, 0.5) is 5.69 Å². The van der Waals surface area contributed by atoms with E-state index < -0.39 is 0 Å². The first-order valence-corrected chi connectivity index (χ1v) is 12.1. The number of nitrogens with one attached hydrogen (secondary N) is 1. The van der Waals surface area contributed by atoms with Crippen LogP contribution in [0.3, 0.4) is 0 Å². The van der Waals surface area contributed by atoms with E-state index in [4.69, 9.17) is 27.9 Å². The second-order valence-electron chi connectivity index (χ2n) is 7.26. The van der Waals surface area contributed by atoms with Gasteiger partial charge in [0.1, 0.15) is 5.75 Å². The second kappa shape index (κ2) is 12.2. The molecule has 0 saturated carbocycles. The molecule has 2 aromatic carbocycles. The molecule has 0 unspecified atom stereocenters. The van der Waals surface area contributed by atoms with Crippen LogP contribution in [0.5, 0.6) is 5.75 Å². The lowest BCUT2D eigenvalue weighted by Gasteiger charge is -2.10. The summed E-state index contributed by atoms with van der Waals surface area (Å²) >= 11 is 13.4. The second-order valence-corrected chi connectivity index (χ2v) is 9.16. The predicted molar refractivity (Wildman–Crippen MR) is 133 cm³/mol. The normalized spacial score (nSPS) is 16.2. The van der Waals surface area contributed by atoms with Gasteiger partial charge >= 0.3 is 0 Å². The molecular weight excluding hydrogens is 451 g/mol. The quantitative estimate of drug-likeness (QED) is 0.283. The van der Waals surface area contributed by atoms with Crippen molar-refractivity contribution in [2.75, 3.05) is 6.61 Å². The van der Waals surface area contributed by atoms with Gasteiger partial charge in [-0.3, -0.25) is 4.79 Å². The molecule has 1 N–H and O–H groups in total. The highest BCUT2D eigenvalue weighted by atomic mass is 35.5. The maximum Gasteiger partial charge on any atom is 0.264 e. The number of carbonyl (C=O) groups is 1. The van der Waals surface area contributed by atoms with E-state index in [1.54, 1.807) is 36.4 Å². The smallest absolute Gasteiger partial charge is 0.264 e. The van der Waals surface area contributed by atoms with E-state index in [1.807, 2.05) is 12.1 Å². The molecule has 0 bridgehead atoms. The molecule has 4 nitrogen and oxygen atoms in total. The zero-order valence-corrected chi connectivity index (χ0v) is 19.8. The Bertz CT molecular complexity index is 959. The number of ether oxygens (including phenoxy) is 1. The lowest BCUT2D eigenvalue weighted by Crippen LogP contribution is -2.19. The molecule has 2 aromatic rings. The van der Waals surface area contributed by atoms with E-state index >= 15 is 0 Å². The van der Waals surface area contributed by atoms with Crippen LogP contribution in [0.2, 0.25) is 10.0 Å². The van der Waals surface area contributed by atoms with Gasteiger partial charge < -0.3 is 10.1 Å². The number of thioether (sulfide) groups is 1. The molecule has 1 heterocycles. The van der Waals surface area contributed by atoms with Gasteiger partial charge in [0, 0.05) is 15.6 Å². The standard InChI is InChI=1S/C24H26Cl2N2O2S/c1-2-3-4-5-6-7-14-30-21-13-10-19(26)15-17(21)16-22-23(29)28-24(31-22)27-20-11-8-18(25)9-12-20/h8-13,15-16H,2-7,14H2,1H3,(H,27,28,29)/b22-16+. The predicted octanol–water partition coefficient (Wildman–Crippen LogP) is 7.62. The van der Waals surface area contributed by atoms with Gasteiger partial charge in [0.05, 0.1) is 17.2 Å². The van der Waals surface area contributed by atoms with Crippen molar-refractivity contribution in [1.29, 1.82) is 0 Å². The average molecular weight is 477 g/mol. The fourth-order valence-electron chi connectivity index (χ4n) is 3.08. The van der Waals surface area contributed by atoms with E-state index in [0.29, 0.717) is 26.7 Å². The number of carbonyl (C=O) groups excluding carboxylic acids is 1. The Balaban J connectivity index is 1.65. The van der Waals surface area contributed by atoms with Gasteiger partial charge in [0.15, 0.2) is 5.17 Å². The number of halogens is 2. The fourth-order valence-corrected chi connectivity index (χ4v) is 4.22. The first kappa shape index (κ1) is 23.7. The summed E-state index contributed by atoms with van der Waals surface area (Å²) in [6.45, 7) is 2.86. The number of nitrogens with zero attached hydrogens (tertiary/aromatic N) is 1. The SMILES string of the molecule is CCCCCCCCOc1ccc(Cl)cc1/C=C1/SC(=Nc2ccc(Cl)cc2)NC1=O. The number of rotatable bonds is 10. The highest BCUT2D eigenvalue weighted by Gasteiger charge is 2.24. The summed E-state index contributed by atoms with van der Waals surface area (Å²) in [4.78, 5) is 17.4. The van der Waals surface area contributed by atoms with Crippen molar-refractivity contribution in [2.24, 2.45) is 4.99 Å². The summed E-state index contributed by atoms with van der Waals surface area (Å²) in [5.74, 6) is 0.529. The van der Waals surface area contributed by atoms with E-state index in [1.165, 1.54) is 37.4 Å². The monoisotopic (exact) mass is 476 g/mol. The molecule has 0 aromatic heterocycles. The van der Waals surface area contributed by atoms with Gasteiger partial charge in [-0.05, 0) is 66.7 Å². The summed E-state index contributed by atoms with van der Waals surface area (Å²) in [5.41, 5.74) is 1.50. The van der Waals surface area contributed by atoms with Gasteiger partial charge in [-0.25, -0.2) is 4.99 Å². The van der Waals surface area contributed by atoms with Crippen molar-refractivity contribution in [2.45, 2.75) is 45.4 Å². The van der Waals surface area contributed by atoms with Crippen molar-refractivity contribution in [3.8, 4) is 5.75 Å². The Labute approximate surface area is 198 Å². The number of amidine groups is 1. The van der Waals surface area contributed by atoms with Crippen molar-refractivity contribution in [3.05, 3.63) is 63.0 Å². The van der Waals surface area contributed by atoms with Crippen LogP contribution in [0, 0.1) is 0 Å². The van der Waals surface area contributed by atoms with Gasteiger partial charge in [-0.15, -0.1) is 0 Å². The Morgan fingerprint density at radius 3 is 2.48 bits per heavy atom. The topological polar surface area (TPSA) is 50.7 Å². The summed E-state index contributed by atoms with van der Waals surface area (Å²) in [5, 5.41) is 4.56. The Kier molecular flexibility index (Phi) is 9.31. The van der Waals surface area contributed by atoms with Gasteiger partial charge in [-0.2, -0.15) is 0 Å². The maximum absolute atomic E-state index is 12.4. The molecule has 3 rings (SSSR count). The van der Waals surface area contributed by atoms with Crippen molar-refractivity contribution >= 4 is 57.8 Å². The molecule has 1 aliphatic rings. The highest BCUT2D eigenvalue weighted by Crippen LogP contribution is 2.32. The fraction of sp³-hybridized carbons (Fsp3) is 0.333. The van der Waals surface area contributed by atoms with E-state index in [-0.39, 0.29) is 5.91 Å². The van der Waals surface area contributed by atoms with Crippen LogP contribution in [-0.4, -0.2) is 17.7 Å². The van der Waals surface area contributed by atoms with Crippen molar-refractivity contribution in [1.82, 2.24) is 5.32 Å². The Morgan fingerprint density at radius 1 is 1.00 bits per heavy atom. The van der Waals surface area contributed by atoms with E-state index in [9.17, 15) is 4.79 Å². The van der Waals surface area contributed by atoms with Gasteiger partial charge in [0.25, 0.3) is 5.91 Å². The lowest BCUT2D eigenvalue weighted by molar-refractivity contribution is -0.115. The Morgan fingerprint density at radius 2 is 1.71 bits per heavy atom. The summed E-state index contributed by atoms with van der Waals surface area (Å²) in [6.07, 6.45) is 9.02. The zero-order valence-electron chi connectivity index (χ0n) is 17.5. The maximum atomic E-state index is 12.4. The zero-order chi connectivity index (χ0) is 22.1. The van der Waals surface area contributed by atoms with Crippen LogP contribution >= 0.6 is 35.0 Å². The molecule has 0 spiro atoms. The van der Waals surface area contributed by atoms with Gasteiger partial charge in [0.2, 0.25) is 0 Å². The number of benzene rings is 2. The average Bonchev–Trinajstić information content (AvgIpc) is 3.09. The molecule has 0 aliphatic carbocycles. The van der Waals surface area contributed by atoms with Crippen molar-refractivity contribution in [3.63, 3.8) is 0 Å². The first-order valence-electron chi connectivity index (χ1n) is 10.5.